The summed E-state index contributed by atoms with van der Waals surface area (Å²) in [5, 5.41) is 3.41. The summed E-state index contributed by atoms with van der Waals surface area (Å²) in [6.45, 7) is 2.42. The summed E-state index contributed by atoms with van der Waals surface area (Å²) < 4.78 is 0. The summed E-state index contributed by atoms with van der Waals surface area (Å²) in [5.41, 5.74) is 1.72. The Morgan fingerprint density at radius 2 is 1.96 bits per heavy atom. The lowest BCUT2D eigenvalue weighted by atomic mass is 10.1. The second-order valence-corrected chi connectivity index (χ2v) is 6.47. The van der Waals surface area contributed by atoms with Gasteiger partial charge in [0.25, 0.3) is 0 Å². The Morgan fingerprint density at radius 3 is 2.67 bits per heavy atom. The number of carbonyl (C=O) groups excluding carboxylic acids is 2. The predicted octanol–water partition coefficient (Wildman–Crippen LogP) is 3.89. The van der Waals surface area contributed by atoms with Gasteiger partial charge in [0.2, 0.25) is 11.8 Å². The number of amides is 2. The smallest absolute Gasteiger partial charge is 0.229 e. The van der Waals surface area contributed by atoms with Crippen LogP contribution in [0.4, 0.5) is 5.69 Å². The lowest BCUT2D eigenvalue weighted by Crippen LogP contribution is -2.30. The van der Waals surface area contributed by atoms with Crippen LogP contribution < -0.4 is 5.32 Å². The molecule has 0 aromatic heterocycles. The van der Waals surface area contributed by atoms with Gasteiger partial charge in [-0.1, -0.05) is 48.0 Å². The number of nitrogens with zero attached hydrogens (tertiary/aromatic N) is 1. The normalized spacial score (nSPS) is 18.5. The van der Waals surface area contributed by atoms with Crippen LogP contribution in [-0.2, 0) is 9.59 Å². The Hall–Kier alpha value is -2.33. The van der Waals surface area contributed by atoms with E-state index in [0.717, 1.165) is 5.56 Å². The van der Waals surface area contributed by atoms with Crippen LogP contribution in [0, 0.1) is 5.92 Å². The zero-order valence-corrected chi connectivity index (χ0v) is 14.2. The van der Waals surface area contributed by atoms with Gasteiger partial charge in [0.15, 0.2) is 0 Å². The van der Waals surface area contributed by atoms with Crippen molar-refractivity contribution in [2.24, 2.45) is 5.92 Å². The van der Waals surface area contributed by atoms with E-state index in [1.807, 2.05) is 37.3 Å². The molecule has 24 heavy (non-hydrogen) atoms. The average molecular weight is 343 g/mol. The molecular formula is C19H19ClN2O2. The van der Waals surface area contributed by atoms with Gasteiger partial charge in [-0.25, -0.2) is 0 Å². The third-order valence-electron chi connectivity index (χ3n) is 4.37. The lowest BCUT2D eigenvalue weighted by molar-refractivity contribution is -0.129. The number of rotatable bonds is 4. The SMILES string of the molecule is C[C@H](c1ccccc1)N1C[C@H](C(=O)Nc2cccc(Cl)c2)CC1=O. The maximum atomic E-state index is 12.4. The van der Waals surface area contributed by atoms with Gasteiger partial charge in [0.05, 0.1) is 12.0 Å². The van der Waals surface area contributed by atoms with E-state index >= 15 is 0 Å². The first-order valence-corrected chi connectivity index (χ1v) is 8.33. The van der Waals surface area contributed by atoms with Crippen molar-refractivity contribution in [2.75, 3.05) is 11.9 Å². The molecule has 0 aliphatic carbocycles. The highest BCUT2D eigenvalue weighted by atomic mass is 35.5. The second-order valence-electron chi connectivity index (χ2n) is 6.03. The first-order chi connectivity index (χ1) is 11.5. The van der Waals surface area contributed by atoms with E-state index in [2.05, 4.69) is 5.32 Å². The third-order valence-corrected chi connectivity index (χ3v) is 4.61. The molecule has 1 heterocycles. The molecule has 124 valence electrons. The van der Waals surface area contributed by atoms with Crippen LogP contribution >= 0.6 is 11.6 Å². The van der Waals surface area contributed by atoms with Gasteiger partial charge >= 0.3 is 0 Å². The van der Waals surface area contributed by atoms with Gasteiger partial charge in [0.1, 0.15) is 0 Å². The first kappa shape index (κ1) is 16.5. The molecule has 0 saturated carbocycles. The van der Waals surface area contributed by atoms with E-state index in [9.17, 15) is 9.59 Å². The number of anilines is 1. The van der Waals surface area contributed by atoms with Gasteiger partial charge in [-0.05, 0) is 30.7 Å². The van der Waals surface area contributed by atoms with Gasteiger partial charge in [-0.15, -0.1) is 0 Å². The molecule has 2 aromatic carbocycles. The highest BCUT2D eigenvalue weighted by Gasteiger charge is 2.36. The molecule has 0 bridgehead atoms. The molecule has 4 nitrogen and oxygen atoms in total. The molecule has 2 aromatic rings. The van der Waals surface area contributed by atoms with Crippen molar-refractivity contribution in [1.29, 1.82) is 0 Å². The standard InChI is InChI=1S/C19H19ClN2O2/c1-13(14-6-3-2-4-7-14)22-12-15(10-18(22)23)19(24)21-17-9-5-8-16(20)11-17/h2-9,11,13,15H,10,12H2,1H3,(H,21,24)/t13-,15-/m1/s1. The van der Waals surface area contributed by atoms with Gasteiger partial charge in [-0.3, -0.25) is 9.59 Å². The molecule has 1 aliphatic heterocycles. The van der Waals surface area contributed by atoms with E-state index in [-0.39, 0.29) is 30.2 Å². The minimum atomic E-state index is -0.345. The fourth-order valence-corrected chi connectivity index (χ4v) is 3.19. The van der Waals surface area contributed by atoms with Gasteiger partial charge in [0, 0.05) is 23.7 Å². The molecule has 1 aliphatic rings. The quantitative estimate of drug-likeness (QED) is 0.916. The first-order valence-electron chi connectivity index (χ1n) is 7.95. The lowest BCUT2D eigenvalue weighted by Gasteiger charge is -2.25. The molecule has 0 unspecified atom stereocenters. The molecule has 0 radical (unpaired) electrons. The number of halogens is 1. The Bertz CT molecular complexity index is 748. The zero-order chi connectivity index (χ0) is 17.1. The summed E-state index contributed by atoms with van der Waals surface area (Å²) in [6, 6.07) is 16.8. The average Bonchev–Trinajstić information content (AvgIpc) is 2.97. The Morgan fingerprint density at radius 1 is 1.21 bits per heavy atom. The van der Waals surface area contributed by atoms with Crippen molar-refractivity contribution < 1.29 is 9.59 Å². The highest BCUT2D eigenvalue weighted by molar-refractivity contribution is 6.30. The molecule has 0 spiro atoms. The van der Waals surface area contributed by atoms with Crippen LogP contribution in [0.3, 0.4) is 0 Å². The molecule has 5 heteroatoms. The Labute approximate surface area is 146 Å². The molecule has 1 N–H and O–H groups in total. The van der Waals surface area contributed by atoms with Gasteiger partial charge in [-0.2, -0.15) is 0 Å². The maximum absolute atomic E-state index is 12.4. The molecule has 2 amide bonds. The van der Waals surface area contributed by atoms with Crippen molar-refractivity contribution in [3.63, 3.8) is 0 Å². The van der Waals surface area contributed by atoms with E-state index < -0.39 is 0 Å². The van der Waals surface area contributed by atoms with E-state index in [0.29, 0.717) is 17.3 Å². The summed E-state index contributed by atoms with van der Waals surface area (Å²) in [5.74, 6) is -0.478. The minimum absolute atomic E-state index is 0.0117. The number of carbonyl (C=O) groups is 2. The minimum Gasteiger partial charge on any atom is -0.335 e. The molecular weight excluding hydrogens is 324 g/mol. The van der Waals surface area contributed by atoms with Crippen LogP contribution in [0.2, 0.25) is 5.02 Å². The summed E-state index contributed by atoms with van der Waals surface area (Å²) >= 11 is 5.93. The molecule has 2 atom stereocenters. The van der Waals surface area contributed by atoms with Crippen molar-refractivity contribution in [3.05, 3.63) is 65.2 Å². The predicted molar refractivity (Wildman–Crippen MR) is 94.8 cm³/mol. The summed E-state index contributed by atoms with van der Waals surface area (Å²) in [6.07, 6.45) is 0.240. The fourth-order valence-electron chi connectivity index (χ4n) is 3.00. The fraction of sp³-hybridized carbons (Fsp3) is 0.263. The van der Waals surface area contributed by atoms with Crippen molar-refractivity contribution >= 4 is 29.1 Å². The Kier molecular flexibility index (Phi) is 4.86. The Balaban J connectivity index is 1.67. The van der Waals surface area contributed by atoms with Gasteiger partial charge < -0.3 is 10.2 Å². The summed E-state index contributed by atoms with van der Waals surface area (Å²) in [4.78, 5) is 26.6. The van der Waals surface area contributed by atoms with Crippen molar-refractivity contribution in [1.82, 2.24) is 4.90 Å². The highest BCUT2D eigenvalue weighted by Crippen LogP contribution is 2.29. The number of hydrogen-bond donors (Lipinski definition) is 1. The number of benzene rings is 2. The molecule has 1 saturated heterocycles. The largest absolute Gasteiger partial charge is 0.335 e. The topological polar surface area (TPSA) is 49.4 Å². The van der Waals surface area contributed by atoms with Crippen LogP contribution in [0.1, 0.15) is 24.9 Å². The number of likely N-dealkylation sites (tertiary alicyclic amines) is 1. The van der Waals surface area contributed by atoms with Crippen LogP contribution in [0.15, 0.2) is 54.6 Å². The monoisotopic (exact) mass is 342 g/mol. The number of hydrogen-bond acceptors (Lipinski definition) is 2. The maximum Gasteiger partial charge on any atom is 0.229 e. The van der Waals surface area contributed by atoms with E-state index in [1.165, 1.54) is 0 Å². The third kappa shape index (κ3) is 3.60. The zero-order valence-electron chi connectivity index (χ0n) is 13.4. The summed E-state index contributed by atoms with van der Waals surface area (Å²) in [7, 11) is 0. The van der Waals surface area contributed by atoms with E-state index in [4.69, 9.17) is 11.6 Å². The van der Waals surface area contributed by atoms with Crippen LogP contribution in [0.5, 0.6) is 0 Å². The van der Waals surface area contributed by atoms with Crippen LogP contribution in [-0.4, -0.2) is 23.3 Å². The van der Waals surface area contributed by atoms with Crippen molar-refractivity contribution in [2.45, 2.75) is 19.4 Å². The van der Waals surface area contributed by atoms with Crippen LogP contribution in [0.25, 0.3) is 0 Å². The van der Waals surface area contributed by atoms with E-state index in [1.54, 1.807) is 29.2 Å². The number of nitrogens with one attached hydrogen (secondary N) is 1. The molecule has 1 fully saturated rings. The van der Waals surface area contributed by atoms with Crippen molar-refractivity contribution in [3.8, 4) is 0 Å². The second kappa shape index (κ2) is 7.05. The molecule has 3 rings (SSSR count).